The molecular weight excluding hydrogens is 228 g/mol. The van der Waals surface area contributed by atoms with Crippen LogP contribution in [-0.2, 0) is 11.3 Å². The lowest BCUT2D eigenvalue weighted by Gasteiger charge is -2.32. The van der Waals surface area contributed by atoms with E-state index in [1.54, 1.807) is 4.68 Å². The summed E-state index contributed by atoms with van der Waals surface area (Å²) in [5, 5.41) is 7.59. The van der Waals surface area contributed by atoms with Gasteiger partial charge in [-0.25, -0.2) is 0 Å². The van der Waals surface area contributed by atoms with Gasteiger partial charge in [0.25, 0.3) is 0 Å². The predicted molar refractivity (Wildman–Crippen MR) is 70.4 cm³/mol. The van der Waals surface area contributed by atoms with Gasteiger partial charge in [-0.15, -0.1) is 0 Å². The molecule has 1 atom stereocenters. The Labute approximate surface area is 108 Å². The van der Waals surface area contributed by atoms with Gasteiger partial charge in [0.1, 0.15) is 6.54 Å². The van der Waals surface area contributed by atoms with Crippen molar-refractivity contribution in [2.75, 3.05) is 20.1 Å². The van der Waals surface area contributed by atoms with Gasteiger partial charge in [0.05, 0.1) is 5.69 Å². The van der Waals surface area contributed by atoms with Gasteiger partial charge in [-0.1, -0.05) is 0 Å². The van der Waals surface area contributed by atoms with E-state index < -0.39 is 0 Å². The quantitative estimate of drug-likeness (QED) is 0.859. The highest BCUT2D eigenvalue weighted by molar-refractivity contribution is 5.76. The van der Waals surface area contributed by atoms with Crippen molar-refractivity contribution in [3.05, 3.63) is 17.5 Å². The summed E-state index contributed by atoms with van der Waals surface area (Å²) in [6, 6.07) is 2.43. The summed E-state index contributed by atoms with van der Waals surface area (Å²) in [7, 11) is 1.96. The smallest absolute Gasteiger partial charge is 0.244 e. The normalized spacial score (nSPS) is 20.2. The van der Waals surface area contributed by atoms with Crippen LogP contribution in [0.15, 0.2) is 6.07 Å². The van der Waals surface area contributed by atoms with E-state index in [1.165, 1.54) is 0 Å². The Kier molecular flexibility index (Phi) is 4.01. The third-order valence-electron chi connectivity index (χ3n) is 3.57. The molecule has 5 heteroatoms. The van der Waals surface area contributed by atoms with Gasteiger partial charge in [-0.3, -0.25) is 9.48 Å². The maximum absolute atomic E-state index is 12.2. The Hall–Kier alpha value is -1.36. The van der Waals surface area contributed by atoms with Crippen LogP contribution < -0.4 is 5.32 Å². The molecule has 0 radical (unpaired) electrons. The van der Waals surface area contributed by atoms with Crippen molar-refractivity contribution in [3.8, 4) is 0 Å². The molecule has 0 spiro atoms. The molecule has 0 saturated carbocycles. The van der Waals surface area contributed by atoms with Crippen LogP contribution in [0.1, 0.15) is 24.2 Å². The standard InChI is InChI=1S/C13H22N4O/c1-10-7-11(2)17(15-10)9-13(18)16-6-4-5-12(8-16)14-3/h7,12,14H,4-6,8-9H2,1-3H3/t12-/m0/s1. The first-order valence-corrected chi connectivity index (χ1v) is 6.56. The fraction of sp³-hybridized carbons (Fsp3) is 0.692. The first-order valence-electron chi connectivity index (χ1n) is 6.56. The van der Waals surface area contributed by atoms with E-state index in [2.05, 4.69) is 10.4 Å². The summed E-state index contributed by atoms with van der Waals surface area (Å²) in [6.07, 6.45) is 2.23. The molecule has 1 aliphatic heterocycles. The van der Waals surface area contributed by atoms with Crippen LogP contribution in [0.3, 0.4) is 0 Å². The van der Waals surface area contributed by atoms with E-state index in [0.717, 1.165) is 37.3 Å². The number of nitrogens with one attached hydrogen (secondary N) is 1. The number of rotatable bonds is 3. The summed E-state index contributed by atoms with van der Waals surface area (Å²) < 4.78 is 1.79. The number of hydrogen-bond acceptors (Lipinski definition) is 3. The number of hydrogen-bond donors (Lipinski definition) is 1. The number of aryl methyl sites for hydroxylation is 2. The molecule has 18 heavy (non-hydrogen) atoms. The minimum Gasteiger partial charge on any atom is -0.340 e. The third-order valence-corrected chi connectivity index (χ3v) is 3.57. The number of amides is 1. The van der Waals surface area contributed by atoms with Gasteiger partial charge in [0.15, 0.2) is 0 Å². The predicted octanol–water partition coefficient (Wildman–Crippen LogP) is 0.710. The second-order valence-electron chi connectivity index (χ2n) is 5.05. The van der Waals surface area contributed by atoms with E-state index in [4.69, 9.17) is 0 Å². The second kappa shape index (κ2) is 5.52. The number of piperidine rings is 1. The molecule has 0 unspecified atom stereocenters. The van der Waals surface area contributed by atoms with Gasteiger partial charge in [0.2, 0.25) is 5.91 Å². The average molecular weight is 250 g/mol. The third kappa shape index (κ3) is 2.90. The van der Waals surface area contributed by atoms with Crippen LogP contribution in [0.2, 0.25) is 0 Å². The number of nitrogens with zero attached hydrogens (tertiary/aromatic N) is 3. The van der Waals surface area contributed by atoms with Crippen LogP contribution in [-0.4, -0.2) is 46.8 Å². The van der Waals surface area contributed by atoms with Gasteiger partial charge in [0, 0.05) is 24.8 Å². The van der Waals surface area contributed by atoms with Crippen molar-refractivity contribution in [1.82, 2.24) is 20.0 Å². The maximum atomic E-state index is 12.2. The number of likely N-dealkylation sites (tertiary alicyclic amines) is 1. The van der Waals surface area contributed by atoms with Gasteiger partial charge >= 0.3 is 0 Å². The molecule has 0 bridgehead atoms. The average Bonchev–Trinajstić information content (AvgIpc) is 2.68. The SMILES string of the molecule is CN[C@H]1CCCN(C(=O)Cn2nc(C)cc2C)C1. The molecule has 2 rings (SSSR count). The van der Waals surface area contributed by atoms with E-state index in [9.17, 15) is 4.79 Å². The van der Waals surface area contributed by atoms with Crippen molar-refractivity contribution < 1.29 is 4.79 Å². The largest absolute Gasteiger partial charge is 0.340 e. The van der Waals surface area contributed by atoms with E-state index in [1.807, 2.05) is 31.9 Å². The van der Waals surface area contributed by atoms with E-state index >= 15 is 0 Å². The molecule has 0 aliphatic carbocycles. The van der Waals surface area contributed by atoms with Crippen molar-refractivity contribution in [1.29, 1.82) is 0 Å². The van der Waals surface area contributed by atoms with Gasteiger partial charge in [-0.2, -0.15) is 5.10 Å². The zero-order valence-electron chi connectivity index (χ0n) is 11.4. The van der Waals surface area contributed by atoms with Gasteiger partial charge < -0.3 is 10.2 Å². The van der Waals surface area contributed by atoms with E-state index in [0.29, 0.717) is 12.6 Å². The highest BCUT2D eigenvalue weighted by Crippen LogP contribution is 2.11. The Bertz CT molecular complexity index is 427. The van der Waals surface area contributed by atoms with Crippen molar-refractivity contribution >= 4 is 5.91 Å². The molecule has 1 amide bonds. The Morgan fingerprint density at radius 1 is 1.56 bits per heavy atom. The molecule has 1 fully saturated rings. The summed E-state index contributed by atoms with van der Waals surface area (Å²) in [5.41, 5.74) is 2.01. The van der Waals surface area contributed by atoms with Crippen LogP contribution in [0.4, 0.5) is 0 Å². The molecule has 100 valence electrons. The van der Waals surface area contributed by atoms with Crippen molar-refractivity contribution in [2.45, 2.75) is 39.3 Å². The van der Waals surface area contributed by atoms with Crippen molar-refractivity contribution in [2.24, 2.45) is 0 Å². The number of carbonyl (C=O) groups excluding carboxylic acids is 1. The minimum atomic E-state index is 0.168. The topological polar surface area (TPSA) is 50.2 Å². The molecule has 1 aromatic rings. The van der Waals surface area contributed by atoms with Crippen LogP contribution in [0, 0.1) is 13.8 Å². The highest BCUT2D eigenvalue weighted by atomic mass is 16.2. The van der Waals surface area contributed by atoms with Crippen molar-refractivity contribution in [3.63, 3.8) is 0 Å². The van der Waals surface area contributed by atoms with Crippen LogP contribution in [0.5, 0.6) is 0 Å². The molecule has 1 aromatic heterocycles. The number of carbonyl (C=O) groups is 1. The molecular formula is C13H22N4O. The van der Waals surface area contributed by atoms with Crippen LogP contribution >= 0.6 is 0 Å². The molecule has 1 N–H and O–H groups in total. The first-order chi connectivity index (χ1) is 8.60. The van der Waals surface area contributed by atoms with Gasteiger partial charge in [-0.05, 0) is 39.8 Å². The van der Waals surface area contributed by atoms with Crippen LogP contribution in [0.25, 0.3) is 0 Å². The number of likely N-dealkylation sites (N-methyl/N-ethyl adjacent to an activating group) is 1. The molecule has 0 aromatic carbocycles. The summed E-state index contributed by atoms with van der Waals surface area (Å²) in [5.74, 6) is 0.168. The lowest BCUT2D eigenvalue weighted by molar-refractivity contribution is -0.133. The molecule has 1 saturated heterocycles. The Balaban J connectivity index is 1.97. The monoisotopic (exact) mass is 250 g/mol. The Morgan fingerprint density at radius 2 is 2.33 bits per heavy atom. The zero-order valence-corrected chi connectivity index (χ0v) is 11.4. The Morgan fingerprint density at radius 3 is 2.94 bits per heavy atom. The highest BCUT2D eigenvalue weighted by Gasteiger charge is 2.23. The fourth-order valence-corrected chi connectivity index (χ4v) is 2.50. The zero-order chi connectivity index (χ0) is 13.1. The summed E-state index contributed by atoms with van der Waals surface area (Å²) >= 11 is 0. The molecule has 2 heterocycles. The molecule has 1 aliphatic rings. The fourth-order valence-electron chi connectivity index (χ4n) is 2.50. The van der Waals surface area contributed by atoms with E-state index in [-0.39, 0.29) is 5.91 Å². The first kappa shape index (κ1) is 13.1. The lowest BCUT2D eigenvalue weighted by Crippen LogP contribution is -2.48. The lowest BCUT2D eigenvalue weighted by atomic mass is 10.1. The second-order valence-corrected chi connectivity index (χ2v) is 5.05. The maximum Gasteiger partial charge on any atom is 0.244 e. The number of aromatic nitrogens is 2. The minimum absolute atomic E-state index is 0.168. The summed E-state index contributed by atoms with van der Waals surface area (Å²) in [4.78, 5) is 14.2. The molecule has 5 nitrogen and oxygen atoms in total. The summed E-state index contributed by atoms with van der Waals surface area (Å²) in [6.45, 7) is 5.98.